The van der Waals surface area contributed by atoms with Crippen molar-refractivity contribution in [1.29, 1.82) is 0 Å². The van der Waals surface area contributed by atoms with Crippen molar-refractivity contribution in [2.75, 3.05) is 4.90 Å². The summed E-state index contributed by atoms with van der Waals surface area (Å²) in [4.78, 5) is 2.36. The second kappa shape index (κ2) is 11.6. The lowest BCUT2D eigenvalue weighted by Crippen LogP contribution is -2.14. The zero-order valence-electron chi connectivity index (χ0n) is 30.0. The van der Waals surface area contributed by atoms with Gasteiger partial charge < -0.3 is 13.7 Å². The van der Waals surface area contributed by atoms with Crippen LogP contribution in [0.5, 0.6) is 0 Å². The molecule has 0 N–H and O–H groups in total. The number of anilines is 3. The van der Waals surface area contributed by atoms with Gasteiger partial charge in [0.15, 0.2) is 0 Å². The summed E-state index contributed by atoms with van der Waals surface area (Å²) in [6.07, 6.45) is 0. The van der Waals surface area contributed by atoms with Gasteiger partial charge in [-0.15, -0.1) is 0 Å². The zero-order chi connectivity index (χ0) is 36.0. The lowest BCUT2D eigenvalue weighted by Gasteiger charge is -2.26. The fourth-order valence-corrected chi connectivity index (χ4v) is 8.79. The molecule has 0 amide bonds. The van der Waals surface area contributed by atoms with E-state index in [0.29, 0.717) is 0 Å². The van der Waals surface area contributed by atoms with Gasteiger partial charge in [0.1, 0.15) is 22.3 Å². The molecular formula is C51H35NO2. The summed E-state index contributed by atoms with van der Waals surface area (Å²) in [5.41, 5.74) is 16.4. The highest BCUT2D eigenvalue weighted by Gasteiger charge is 2.36. The van der Waals surface area contributed by atoms with Crippen LogP contribution in [0.1, 0.15) is 25.0 Å². The molecular weight excluding hydrogens is 659 g/mol. The molecule has 0 radical (unpaired) electrons. The fraction of sp³-hybridized carbons (Fsp3) is 0.0588. The molecule has 3 nitrogen and oxygen atoms in total. The van der Waals surface area contributed by atoms with Crippen LogP contribution in [0.3, 0.4) is 0 Å². The first-order valence-corrected chi connectivity index (χ1v) is 18.6. The SMILES string of the molecule is CC1(C)c2ccccc2-c2cc3c(cc21)oc1ccc(N(c2cccc(-c4ccccc4)c2)c2cccc(-c4cccc5c4oc4ccccc45)c2)cc13. The van der Waals surface area contributed by atoms with Crippen molar-refractivity contribution < 1.29 is 8.83 Å². The van der Waals surface area contributed by atoms with Gasteiger partial charge in [-0.05, 0) is 99.6 Å². The molecule has 2 heterocycles. The summed E-state index contributed by atoms with van der Waals surface area (Å²) >= 11 is 0. The Bertz CT molecular complexity index is 3090. The van der Waals surface area contributed by atoms with Gasteiger partial charge in [0.25, 0.3) is 0 Å². The molecule has 2 aromatic heterocycles. The van der Waals surface area contributed by atoms with Crippen molar-refractivity contribution in [2.45, 2.75) is 19.3 Å². The molecule has 11 rings (SSSR count). The Morgan fingerprint density at radius 3 is 1.87 bits per heavy atom. The smallest absolute Gasteiger partial charge is 0.143 e. The second-order valence-electron chi connectivity index (χ2n) is 14.9. The molecule has 0 bridgehead atoms. The standard InChI is InChI=1S/C51H35NO2/c1-51(2)45-23-8-6-19-39(45)42-30-44-43-29-37(25-26-48(43)53-49(44)31-46(42)51)52(35-17-10-15-33(27-35)32-13-4-3-5-14-32)36-18-11-16-34(28-36)38-21-12-22-41-40-20-7-9-24-47(40)54-50(38)41/h3-31H,1-2H3. The number of benzene rings is 8. The van der Waals surface area contributed by atoms with E-state index >= 15 is 0 Å². The topological polar surface area (TPSA) is 29.5 Å². The maximum Gasteiger partial charge on any atom is 0.143 e. The van der Waals surface area contributed by atoms with Gasteiger partial charge >= 0.3 is 0 Å². The predicted octanol–water partition coefficient (Wildman–Crippen LogP) is 14.6. The molecule has 0 fully saturated rings. The largest absolute Gasteiger partial charge is 0.456 e. The van der Waals surface area contributed by atoms with E-state index < -0.39 is 0 Å². The molecule has 0 saturated carbocycles. The lowest BCUT2D eigenvalue weighted by molar-refractivity contribution is 0.647. The highest BCUT2D eigenvalue weighted by atomic mass is 16.3. The van der Waals surface area contributed by atoms with Crippen molar-refractivity contribution in [3.63, 3.8) is 0 Å². The van der Waals surface area contributed by atoms with Gasteiger partial charge in [-0.2, -0.15) is 0 Å². The average Bonchev–Trinajstić information content (AvgIpc) is 3.85. The molecule has 0 atom stereocenters. The van der Waals surface area contributed by atoms with Crippen molar-refractivity contribution in [1.82, 2.24) is 0 Å². The molecule has 10 aromatic rings. The molecule has 256 valence electrons. The van der Waals surface area contributed by atoms with E-state index in [2.05, 4.69) is 183 Å². The van der Waals surface area contributed by atoms with Crippen LogP contribution in [0.2, 0.25) is 0 Å². The molecule has 1 aliphatic rings. The van der Waals surface area contributed by atoms with Gasteiger partial charge in [-0.1, -0.05) is 129 Å². The first-order valence-electron chi connectivity index (χ1n) is 18.6. The number of hydrogen-bond donors (Lipinski definition) is 0. The van der Waals surface area contributed by atoms with Crippen LogP contribution < -0.4 is 4.90 Å². The number of furan rings is 2. The molecule has 0 unspecified atom stereocenters. The summed E-state index contributed by atoms with van der Waals surface area (Å²) in [5.74, 6) is 0. The number of rotatable bonds is 5. The van der Waals surface area contributed by atoms with Crippen molar-refractivity contribution >= 4 is 60.9 Å². The molecule has 0 saturated heterocycles. The zero-order valence-corrected chi connectivity index (χ0v) is 30.0. The highest BCUT2D eigenvalue weighted by molar-refractivity contribution is 6.11. The molecule has 0 aliphatic heterocycles. The Morgan fingerprint density at radius 1 is 0.370 bits per heavy atom. The van der Waals surface area contributed by atoms with Crippen LogP contribution in [-0.4, -0.2) is 0 Å². The van der Waals surface area contributed by atoms with Crippen LogP contribution >= 0.6 is 0 Å². The van der Waals surface area contributed by atoms with E-state index in [1.54, 1.807) is 0 Å². The summed E-state index contributed by atoms with van der Waals surface area (Å²) in [7, 11) is 0. The quantitative estimate of drug-likeness (QED) is 0.180. The highest BCUT2D eigenvalue weighted by Crippen LogP contribution is 2.51. The number of fused-ring (bicyclic) bond motifs is 9. The van der Waals surface area contributed by atoms with E-state index in [1.165, 1.54) is 27.8 Å². The Balaban J connectivity index is 1.11. The molecule has 54 heavy (non-hydrogen) atoms. The first kappa shape index (κ1) is 30.8. The van der Waals surface area contributed by atoms with Gasteiger partial charge in [0.05, 0.1) is 0 Å². The number of hydrogen-bond acceptors (Lipinski definition) is 3. The molecule has 3 heteroatoms. The molecule has 8 aromatic carbocycles. The summed E-state index contributed by atoms with van der Waals surface area (Å²) < 4.78 is 13.1. The van der Waals surface area contributed by atoms with Crippen LogP contribution in [0.25, 0.3) is 77.3 Å². The predicted molar refractivity (Wildman–Crippen MR) is 224 cm³/mol. The van der Waals surface area contributed by atoms with Gasteiger partial charge in [-0.25, -0.2) is 0 Å². The minimum Gasteiger partial charge on any atom is -0.456 e. The maximum absolute atomic E-state index is 6.61. The van der Waals surface area contributed by atoms with Gasteiger partial charge in [-0.3, -0.25) is 0 Å². The monoisotopic (exact) mass is 693 g/mol. The van der Waals surface area contributed by atoms with E-state index in [1.807, 2.05) is 12.1 Å². The van der Waals surface area contributed by atoms with E-state index in [4.69, 9.17) is 8.83 Å². The summed E-state index contributed by atoms with van der Waals surface area (Å²) in [6, 6.07) is 62.9. The van der Waals surface area contributed by atoms with Gasteiger partial charge in [0.2, 0.25) is 0 Å². The Kier molecular flexibility index (Phi) is 6.60. The third-order valence-electron chi connectivity index (χ3n) is 11.4. The van der Waals surface area contributed by atoms with E-state index in [9.17, 15) is 0 Å². The summed E-state index contributed by atoms with van der Waals surface area (Å²) in [6.45, 7) is 4.63. The number of nitrogens with zero attached hydrogens (tertiary/aromatic N) is 1. The van der Waals surface area contributed by atoms with E-state index in [0.717, 1.165) is 77.6 Å². The fourth-order valence-electron chi connectivity index (χ4n) is 8.79. The summed E-state index contributed by atoms with van der Waals surface area (Å²) in [5, 5.41) is 4.47. The molecule has 0 spiro atoms. The van der Waals surface area contributed by atoms with Crippen LogP contribution in [0, 0.1) is 0 Å². The Hall–Kier alpha value is -6.84. The average molecular weight is 694 g/mol. The minimum absolute atomic E-state index is 0.0947. The van der Waals surface area contributed by atoms with Crippen molar-refractivity contribution in [2.24, 2.45) is 0 Å². The third kappa shape index (κ3) is 4.61. The van der Waals surface area contributed by atoms with Gasteiger partial charge in [0, 0.05) is 49.6 Å². The van der Waals surface area contributed by atoms with Crippen LogP contribution in [0.15, 0.2) is 185 Å². The molecule has 1 aliphatic carbocycles. The van der Waals surface area contributed by atoms with Crippen molar-refractivity contribution in [3.05, 3.63) is 187 Å². The first-order chi connectivity index (χ1) is 26.5. The van der Waals surface area contributed by atoms with Crippen LogP contribution in [0.4, 0.5) is 17.1 Å². The normalized spacial score (nSPS) is 13.1. The van der Waals surface area contributed by atoms with Crippen molar-refractivity contribution in [3.8, 4) is 33.4 Å². The van der Waals surface area contributed by atoms with Crippen LogP contribution in [-0.2, 0) is 5.41 Å². The third-order valence-corrected chi connectivity index (χ3v) is 11.4. The Morgan fingerprint density at radius 2 is 1.00 bits per heavy atom. The second-order valence-corrected chi connectivity index (χ2v) is 14.9. The maximum atomic E-state index is 6.61. The Labute approximate surface area is 313 Å². The number of para-hydroxylation sites is 2. The lowest BCUT2D eigenvalue weighted by atomic mass is 9.82. The minimum atomic E-state index is -0.0947. The van der Waals surface area contributed by atoms with E-state index in [-0.39, 0.29) is 5.41 Å².